The Balaban J connectivity index is 3.14. The molecule has 0 saturated heterocycles. The average molecular weight is 261 g/mol. The Kier molecular flexibility index (Phi) is 3.59. The van der Waals surface area contributed by atoms with Crippen molar-refractivity contribution in [2.45, 2.75) is 17.7 Å². The van der Waals surface area contributed by atoms with Crippen LogP contribution < -0.4 is 5.73 Å². The van der Waals surface area contributed by atoms with E-state index in [0.717, 1.165) is 6.07 Å². The van der Waals surface area contributed by atoms with Crippen molar-refractivity contribution in [2.24, 2.45) is 5.73 Å². The lowest BCUT2D eigenvalue weighted by Gasteiger charge is -2.07. The molecular weight excluding hydrogens is 250 g/mol. The van der Waals surface area contributed by atoms with E-state index in [2.05, 4.69) is 0 Å². The lowest BCUT2D eigenvalue weighted by atomic mass is 10.1. The first kappa shape index (κ1) is 13.3. The molecule has 1 aromatic rings. The fourth-order valence-electron chi connectivity index (χ4n) is 1.27. The Morgan fingerprint density at radius 3 is 2.29 bits per heavy atom. The molecule has 0 unspecified atom stereocenters. The van der Waals surface area contributed by atoms with Crippen molar-refractivity contribution in [2.75, 3.05) is 0 Å². The van der Waals surface area contributed by atoms with Crippen molar-refractivity contribution in [1.29, 1.82) is 0 Å². The summed E-state index contributed by atoms with van der Waals surface area (Å²) < 4.78 is 30.3. The van der Waals surface area contributed by atoms with Crippen LogP contribution in [0.2, 0.25) is 0 Å². The number of aromatic hydroxyl groups is 2. The van der Waals surface area contributed by atoms with Crippen molar-refractivity contribution in [3.8, 4) is 11.5 Å². The van der Waals surface area contributed by atoms with Crippen LogP contribution in [0.5, 0.6) is 11.5 Å². The summed E-state index contributed by atoms with van der Waals surface area (Å²) in [5.41, 5.74) is 5.07. The number of phenolic OH excluding ortho intramolecular Hbond substituents is 2. The van der Waals surface area contributed by atoms with Gasteiger partial charge in [-0.3, -0.25) is 9.35 Å². The Labute approximate surface area is 97.2 Å². The summed E-state index contributed by atoms with van der Waals surface area (Å²) >= 11 is 0. The number of primary amides is 1. The summed E-state index contributed by atoms with van der Waals surface area (Å²) in [6.07, 6.45) is -0.00129. The number of carbonyl (C=O) groups is 1. The van der Waals surface area contributed by atoms with Crippen molar-refractivity contribution in [1.82, 2.24) is 0 Å². The molecule has 17 heavy (non-hydrogen) atoms. The second-order valence-corrected chi connectivity index (χ2v) is 4.78. The molecule has 0 atom stereocenters. The van der Waals surface area contributed by atoms with Crippen LogP contribution in [0, 0.1) is 0 Å². The largest absolute Gasteiger partial charge is 0.508 e. The predicted molar refractivity (Wildman–Crippen MR) is 57.1 cm³/mol. The number of nitrogens with two attached hydrogens (primary N) is 1. The van der Waals surface area contributed by atoms with Crippen LogP contribution in [0.1, 0.15) is 12.0 Å². The van der Waals surface area contributed by atoms with Crippen molar-refractivity contribution >= 4 is 16.0 Å². The fourth-order valence-corrected chi connectivity index (χ4v) is 1.85. The van der Waals surface area contributed by atoms with E-state index >= 15 is 0 Å². The normalized spacial score (nSPS) is 11.4. The standard InChI is InChI=1S/C9H11NO6S/c10-9(13)2-1-5-3-7(12)8(4-6(5)11)17(14,15)16/h3-4,11-12H,1-2H2,(H2,10,13)(H,14,15,16). The Morgan fingerprint density at radius 2 is 1.82 bits per heavy atom. The summed E-state index contributed by atoms with van der Waals surface area (Å²) in [6, 6.07) is 1.67. The minimum absolute atomic E-state index is 0.0560. The van der Waals surface area contributed by atoms with Gasteiger partial charge < -0.3 is 15.9 Å². The molecule has 0 bridgehead atoms. The van der Waals surface area contributed by atoms with Crippen molar-refractivity contribution < 1.29 is 28.0 Å². The molecular formula is C9H11NO6S. The summed E-state index contributed by atoms with van der Waals surface area (Å²) in [5, 5.41) is 18.8. The number of benzene rings is 1. The van der Waals surface area contributed by atoms with Gasteiger partial charge in [-0.15, -0.1) is 0 Å². The molecule has 94 valence electrons. The first-order valence-corrected chi connectivity index (χ1v) is 5.96. The maximum Gasteiger partial charge on any atom is 0.298 e. The molecule has 1 amide bonds. The second kappa shape index (κ2) is 4.60. The average Bonchev–Trinajstić information content (AvgIpc) is 2.17. The fraction of sp³-hybridized carbons (Fsp3) is 0.222. The van der Waals surface area contributed by atoms with Crippen molar-refractivity contribution in [3.63, 3.8) is 0 Å². The van der Waals surface area contributed by atoms with Crippen LogP contribution in [0.15, 0.2) is 17.0 Å². The van der Waals surface area contributed by atoms with Crippen LogP contribution in [-0.2, 0) is 21.3 Å². The molecule has 7 nitrogen and oxygen atoms in total. The summed E-state index contributed by atoms with van der Waals surface area (Å²) in [4.78, 5) is 9.74. The van der Waals surface area contributed by atoms with Gasteiger partial charge in [-0.2, -0.15) is 8.42 Å². The quantitative estimate of drug-likeness (QED) is 0.436. The Hall–Kier alpha value is -1.80. The van der Waals surface area contributed by atoms with Gasteiger partial charge in [0, 0.05) is 12.5 Å². The van der Waals surface area contributed by atoms with Crippen LogP contribution in [0.3, 0.4) is 0 Å². The summed E-state index contributed by atoms with van der Waals surface area (Å²) in [7, 11) is -4.61. The van der Waals surface area contributed by atoms with Gasteiger partial charge in [-0.1, -0.05) is 0 Å². The molecule has 8 heteroatoms. The van der Waals surface area contributed by atoms with Gasteiger partial charge in [0.2, 0.25) is 5.91 Å². The van der Waals surface area contributed by atoms with Gasteiger partial charge in [0.05, 0.1) is 0 Å². The molecule has 0 saturated carbocycles. The van der Waals surface area contributed by atoms with E-state index in [-0.39, 0.29) is 18.4 Å². The summed E-state index contributed by atoms with van der Waals surface area (Å²) in [5.74, 6) is -1.75. The van der Waals surface area contributed by atoms with E-state index in [1.54, 1.807) is 0 Å². The molecule has 0 aromatic heterocycles. The highest BCUT2D eigenvalue weighted by atomic mass is 32.2. The van der Waals surface area contributed by atoms with Gasteiger partial charge in [0.25, 0.3) is 10.1 Å². The van der Waals surface area contributed by atoms with Crippen molar-refractivity contribution in [3.05, 3.63) is 17.7 Å². The minimum atomic E-state index is -4.61. The molecule has 0 heterocycles. The maximum atomic E-state index is 10.8. The maximum absolute atomic E-state index is 10.8. The zero-order chi connectivity index (χ0) is 13.2. The van der Waals surface area contributed by atoms with Gasteiger partial charge in [-0.05, 0) is 18.1 Å². The number of amides is 1. The SMILES string of the molecule is NC(=O)CCc1cc(O)c(S(=O)(=O)O)cc1O. The topological polar surface area (TPSA) is 138 Å². The zero-order valence-corrected chi connectivity index (χ0v) is 9.44. The lowest BCUT2D eigenvalue weighted by Crippen LogP contribution is -2.11. The molecule has 1 aromatic carbocycles. The highest BCUT2D eigenvalue weighted by Gasteiger charge is 2.18. The van der Waals surface area contributed by atoms with Gasteiger partial charge in [0.15, 0.2) is 0 Å². The van der Waals surface area contributed by atoms with Crippen LogP contribution >= 0.6 is 0 Å². The Morgan fingerprint density at radius 1 is 1.24 bits per heavy atom. The first-order valence-electron chi connectivity index (χ1n) is 4.52. The highest BCUT2D eigenvalue weighted by molar-refractivity contribution is 7.86. The smallest absolute Gasteiger partial charge is 0.298 e. The third-order valence-electron chi connectivity index (χ3n) is 2.08. The summed E-state index contributed by atoms with van der Waals surface area (Å²) in [6.45, 7) is 0. The number of phenols is 2. The molecule has 0 spiro atoms. The van der Waals surface area contributed by atoms with E-state index in [9.17, 15) is 23.4 Å². The molecule has 0 fully saturated rings. The van der Waals surface area contributed by atoms with E-state index in [0.29, 0.717) is 6.07 Å². The van der Waals surface area contributed by atoms with E-state index < -0.39 is 32.4 Å². The number of rotatable bonds is 4. The number of hydrogen-bond acceptors (Lipinski definition) is 5. The minimum Gasteiger partial charge on any atom is -0.508 e. The van der Waals surface area contributed by atoms with Gasteiger partial charge in [0.1, 0.15) is 16.4 Å². The predicted octanol–water partition coefficient (Wildman–Crippen LogP) is -0.238. The monoisotopic (exact) mass is 261 g/mol. The second-order valence-electron chi connectivity index (χ2n) is 3.39. The third kappa shape index (κ3) is 3.33. The van der Waals surface area contributed by atoms with E-state index in [1.165, 1.54) is 0 Å². The molecule has 1 rings (SSSR count). The first-order chi connectivity index (χ1) is 7.71. The molecule has 0 aliphatic carbocycles. The number of aryl methyl sites for hydroxylation is 1. The Bertz CT molecular complexity index is 551. The van der Waals surface area contributed by atoms with Crippen LogP contribution in [-0.4, -0.2) is 29.1 Å². The highest BCUT2D eigenvalue weighted by Crippen LogP contribution is 2.31. The number of carbonyl (C=O) groups excluding carboxylic acids is 1. The van der Waals surface area contributed by atoms with Crippen LogP contribution in [0.25, 0.3) is 0 Å². The van der Waals surface area contributed by atoms with Gasteiger partial charge in [-0.25, -0.2) is 0 Å². The molecule has 0 radical (unpaired) electrons. The van der Waals surface area contributed by atoms with E-state index in [4.69, 9.17) is 10.3 Å². The third-order valence-corrected chi connectivity index (χ3v) is 2.96. The molecule has 0 aliphatic heterocycles. The zero-order valence-electron chi connectivity index (χ0n) is 8.62. The van der Waals surface area contributed by atoms with Crippen LogP contribution in [0.4, 0.5) is 0 Å². The molecule has 5 N–H and O–H groups in total. The van der Waals surface area contributed by atoms with E-state index in [1.807, 2.05) is 0 Å². The lowest BCUT2D eigenvalue weighted by molar-refractivity contribution is -0.117. The van der Waals surface area contributed by atoms with Gasteiger partial charge >= 0.3 is 0 Å². The molecule has 0 aliphatic rings. The number of hydrogen-bond donors (Lipinski definition) is 4.